The van der Waals surface area contributed by atoms with Gasteiger partial charge >= 0.3 is 5.97 Å². The Balaban J connectivity index is 1.64. The third-order valence-corrected chi connectivity index (χ3v) is 7.81. The van der Waals surface area contributed by atoms with E-state index in [1.54, 1.807) is 12.1 Å². The van der Waals surface area contributed by atoms with Gasteiger partial charge in [0.2, 0.25) is 0 Å². The van der Waals surface area contributed by atoms with E-state index in [4.69, 9.17) is 14.2 Å². The van der Waals surface area contributed by atoms with Gasteiger partial charge in [-0.2, -0.15) is 0 Å². The van der Waals surface area contributed by atoms with Crippen molar-refractivity contribution >= 4 is 16.9 Å². The number of ether oxygens (including phenoxy) is 3. The van der Waals surface area contributed by atoms with E-state index >= 15 is 0 Å². The van der Waals surface area contributed by atoms with Crippen LogP contribution in [0.15, 0.2) is 97.1 Å². The Morgan fingerprint density at radius 3 is 2.27 bits per heavy atom. The van der Waals surface area contributed by atoms with Crippen LogP contribution in [0.25, 0.3) is 27.7 Å². The van der Waals surface area contributed by atoms with E-state index in [2.05, 4.69) is 17.6 Å². The van der Waals surface area contributed by atoms with Crippen molar-refractivity contribution in [3.8, 4) is 22.6 Å². The van der Waals surface area contributed by atoms with Crippen molar-refractivity contribution in [1.82, 2.24) is 4.57 Å². The lowest BCUT2D eigenvalue weighted by atomic mass is 9.76. The van der Waals surface area contributed by atoms with Crippen LogP contribution in [0.3, 0.4) is 0 Å². The molecule has 0 radical (unpaired) electrons. The van der Waals surface area contributed by atoms with E-state index < -0.39 is 0 Å². The fourth-order valence-corrected chi connectivity index (χ4v) is 5.55. The van der Waals surface area contributed by atoms with Crippen LogP contribution in [0.4, 0.5) is 4.39 Å². The van der Waals surface area contributed by atoms with E-state index in [1.807, 2.05) is 66.7 Å². The number of carbonyl (C=O) groups excluding carboxylic acids is 1. The summed E-state index contributed by atoms with van der Waals surface area (Å²) in [7, 11) is 1.38. The number of halogens is 1. The molecule has 1 aliphatic rings. The zero-order valence-electron chi connectivity index (χ0n) is 22.5. The van der Waals surface area contributed by atoms with E-state index in [9.17, 15) is 9.18 Å². The lowest BCUT2D eigenvalue weighted by Gasteiger charge is -2.42. The van der Waals surface area contributed by atoms with Crippen LogP contribution in [0.2, 0.25) is 0 Å². The van der Waals surface area contributed by atoms with Crippen LogP contribution < -0.4 is 4.74 Å². The smallest absolute Gasteiger partial charge is 0.337 e. The molecule has 0 unspecified atom stereocenters. The van der Waals surface area contributed by atoms with Gasteiger partial charge in [0.25, 0.3) is 0 Å². The maximum Gasteiger partial charge on any atom is 0.337 e. The summed E-state index contributed by atoms with van der Waals surface area (Å²) in [5.74, 6) is 0.0799. The highest BCUT2D eigenvalue weighted by atomic mass is 19.1. The van der Waals surface area contributed by atoms with E-state index in [0.717, 1.165) is 51.1 Å². The molecule has 0 N–H and O–H groups in total. The first-order valence-electron chi connectivity index (χ1n) is 13.4. The van der Waals surface area contributed by atoms with Crippen molar-refractivity contribution in [2.24, 2.45) is 0 Å². The quantitative estimate of drug-likeness (QED) is 0.193. The number of esters is 1. The van der Waals surface area contributed by atoms with Gasteiger partial charge in [0.05, 0.1) is 42.2 Å². The van der Waals surface area contributed by atoms with E-state index in [-0.39, 0.29) is 17.2 Å². The van der Waals surface area contributed by atoms with Gasteiger partial charge in [-0.05, 0) is 66.1 Å². The molecule has 1 aromatic heterocycles. The molecule has 6 heteroatoms. The summed E-state index contributed by atoms with van der Waals surface area (Å²) in [6, 6.07) is 30.2. The van der Waals surface area contributed by atoms with Gasteiger partial charge < -0.3 is 18.8 Å². The lowest BCUT2D eigenvalue weighted by Crippen LogP contribution is -2.47. The number of rotatable bonds is 8. The molecule has 0 saturated carbocycles. The zero-order chi connectivity index (χ0) is 27.7. The predicted octanol–water partition coefficient (Wildman–Crippen LogP) is 7.48. The minimum Gasteiger partial charge on any atom is -0.488 e. The molecule has 1 saturated heterocycles. The number of nitrogens with zero attached hydrogens (tertiary/aromatic N) is 1. The second-order valence-corrected chi connectivity index (χ2v) is 10.2. The minimum atomic E-state index is -0.384. The molecule has 5 aromatic rings. The molecule has 0 amide bonds. The SMILES string of the molecule is CCC1(c2c(-c3ccc(C(=O)OC)cc3)c3c(OCc4ccccc4)cccc3n2-c2ccc(F)cc2)COC1. The van der Waals surface area contributed by atoms with Crippen molar-refractivity contribution in [1.29, 1.82) is 0 Å². The minimum absolute atomic E-state index is 0.250. The molecule has 0 spiro atoms. The van der Waals surface area contributed by atoms with Crippen molar-refractivity contribution in [3.05, 3.63) is 120 Å². The molecular formula is C34H30FNO4. The summed E-state index contributed by atoms with van der Waals surface area (Å²) in [5, 5.41) is 0.961. The molecule has 0 atom stereocenters. The van der Waals surface area contributed by atoms with Crippen LogP contribution >= 0.6 is 0 Å². The number of hydrogen-bond donors (Lipinski definition) is 0. The number of benzene rings is 4. The Kier molecular flexibility index (Phi) is 6.86. The summed E-state index contributed by atoms with van der Waals surface area (Å²) in [6.07, 6.45) is 0.859. The van der Waals surface area contributed by atoms with Gasteiger partial charge in [0, 0.05) is 16.9 Å². The number of carbonyl (C=O) groups is 1. The van der Waals surface area contributed by atoms with Crippen molar-refractivity contribution in [3.63, 3.8) is 0 Å². The Labute approximate surface area is 232 Å². The van der Waals surface area contributed by atoms with Gasteiger partial charge in [0.15, 0.2) is 0 Å². The second kappa shape index (κ2) is 10.6. The molecule has 2 heterocycles. The number of hydrogen-bond acceptors (Lipinski definition) is 4. The third kappa shape index (κ3) is 4.44. The maximum absolute atomic E-state index is 14.0. The highest BCUT2D eigenvalue weighted by Gasteiger charge is 2.44. The average Bonchev–Trinajstić information content (AvgIpc) is 3.32. The second-order valence-electron chi connectivity index (χ2n) is 10.2. The number of aromatic nitrogens is 1. The van der Waals surface area contributed by atoms with Gasteiger partial charge in [-0.3, -0.25) is 0 Å². The molecule has 5 nitrogen and oxygen atoms in total. The monoisotopic (exact) mass is 535 g/mol. The van der Waals surface area contributed by atoms with Crippen molar-refractivity contribution in [2.75, 3.05) is 20.3 Å². The molecule has 6 rings (SSSR count). The summed E-state index contributed by atoms with van der Waals surface area (Å²) in [4.78, 5) is 12.2. The van der Waals surface area contributed by atoms with Crippen LogP contribution in [0, 0.1) is 5.82 Å². The molecule has 1 fully saturated rings. The number of methoxy groups -OCH3 is 1. The van der Waals surface area contributed by atoms with Gasteiger partial charge in [-0.25, -0.2) is 9.18 Å². The molecule has 202 valence electrons. The first-order chi connectivity index (χ1) is 19.5. The molecule has 1 aliphatic heterocycles. The highest BCUT2D eigenvalue weighted by molar-refractivity contribution is 6.04. The standard InChI is InChI=1S/C34H30FNO4/c1-3-34(21-39-22-34)32-30(24-12-14-25(15-13-24)33(37)38-2)31-28(36(32)27-18-16-26(35)17-19-27)10-7-11-29(31)40-20-23-8-5-4-6-9-23/h4-19H,3,20-22H2,1-2H3. The number of fused-ring (bicyclic) bond motifs is 1. The van der Waals surface area contributed by atoms with Gasteiger partial charge in [-0.1, -0.05) is 55.5 Å². The normalized spacial score (nSPS) is 14.1. The maximum atomic E-state index is 14.0. The Morgan fingerprint density at radius 2 is 1.65 bits per heavy atom. The topological polar surface area (TPSA) is 49.7 Å². The van der Waals surface area contributed by atoms with Crippen LogP contribution in [-0.2, 0) is 21.5 Å². The fourth-order valence-electron chi connectivity index (χ4n) is 5.55. The summed E-state index contributed by atoms with van der Waals surface area (Å²) in [5.41, 5.74) is 6.17. The fraction of sp³-hybridized carbons (Fsp3) is 0.206. The van der Waals surface area contributed by atoms with Gasteiger partial charge in [-0.15, -0.1) is 0 Å². The Hall–Kier alpha value is -4.42. The van der Waals surface area contributed by atoms with E-state index in [1.165, 1.54) is 19.2 Å². The average molecular weight is 536 g/mol. The highest BCUT2D eigenvalue weighted by Crippen LogP contribution is 2.49. The molecule has 0 aliphatic carbocycles. The van der Waals surface area contributed by atoms with Gasteiger partial charge in [0.1, 0.15) is 18.2 Å². The first-order valence-corrected chi connectivity index (χ1v) is 13.4. The predicted molar refractivity (Wildman–Crippen MR) is 154 cm³/mol. The van der Waals surface area contributed by atoms with E-state index in [0.29, 0.717) is 25.4 Å². The lowest BCUT2D eigenvalue weighted by molar-refractivity contribution is -0.0644. The largest absolute Gasteiger partial charge is 0.488 e. The first kappa shape index (κ1) is 25.8. The van der Waals surface area contributed by atoms with Crippen LogP contribution in [0.1, 0.15) is 35.0 Å². The summed E-state index contributed by atoms with van der Waals surface area (Å²) >= 11 is 0. The third-order valence-electron chi connectivity index (χ3n) is 7.81. The molecule has 40 heavy (non-hydrogen) atoms. The molecule has 0 bridgehead atoms. The zero-order valence-corrected chi connectivity index (χ0v) is 22.5. The van der Waals surface area contributed by atoms with Crippen molar-refractivity contribution in [2.45, 2.75) is 25.4 Å². The summed E-state index contributed by atoms with van der Waals surface area (Å²) in [6.45, 7) is 3.74. The van der Waals surface area contributed by atoms with Crippen LogP contribution in [-0.4, -0.2) is 30.9 Å². The van der Waals surface area contributed by atoms with Crippen LogP contribution in [0.5, 0.6) is 5.75 Å². The molecule has 4 aromatic carbocycles. The molecular weight excluding hydrogens is 505 g/mol. The Morgan fingerprint density at radius 1 is 0.925 bits per heavy atom. The summed E-state index contributed by atoms with van der Waals surface area (Å²) < 4.78 is 33.5. The van der Waals surface area contributed by atoms with Crippen molar-refractivity contribution < 1.29 is 23.4 Å². The Bertz CT molecular complexity index is 1650.